The van der Waals surface area contributed by atoms with Crippen LogP contribution < -0.4 is 15.8 Å². The van der Waals surface area contributed by atoms with Crippen molar-refractivity contribution in [3.8, 4) is 5.75 Å². The zero-order valence-electron chi connectivity index (χ0n) is 13.0. The maximum atomic E-state index is 12.0. The molecule has 2 aromatic rings. The van der Waals surface area contributed by atoms with Crippen LogP contribution in [0.4, 0.5) is 5.69 Å². The van der Waals surface area contributed by atoms with Gasteiger partial charge in [-0.1, -0.05) is 43.3 Å². The van der Waals surface area contributed by atoms with Crippen LogP contribution in [-0.2, 0) is 11.4 Å². The fraction of sp³-hybridized carbons (Fsp3) is 0.278. The van der Waals surface area contributed by atoms with Crippen LogP contribution in [0.1, 0.15) is 18.1 Å². The second-order valence-electron chi connectivity index (χ2n) is 5.40. The summed E-state index contributed by atoms with van der Waals surface area (Å²) in [6.45, 7) is 4.56. The van der Waals surface area contributed by atoms with Crippen molar-refractivity contribution in [3.63, 3.8) is 0 Å². The molecule has 0 aliphatic heterocycles. The van der Waals surface area contributed by atoms with Crippen LogP contribution in [0.15, 0.2) is 48.5 Å². The number of carbonyl (C=O) groups excluding carboxylic acids is 1. The lowest BCUT2D eigenvalue weighted by Gasteiger charge is -2.15. The molecule has 116 valence electrons. The Morgan fingerprint density at radius 1 is 1.23 bits per heavy atom. The maximum absolute atomic E-state index is 12.0. The van der Waals surface area contributed by atoms with E-state index in [1.807, 2.05) is 55.5 Å². The number of hydrogen-bond donors (Lipinski definition) is 2. The van der Waals surface area contributed by atoms with E-state index in [-0.39, 0.29) is 11.8 Å². The summed E-state index contributed by atoms with van der Waals surface area (Å²) >= 11 is 0. The molecule has 0 spiro atoms. The monoisotopic (exact) mass is 298 g/mol. The van der Waals surface area contributed by atoms with E-state index in [1.165, 1.54) is 0 Å². The molecule has 22 heavy (non-hydrogen) atoms. The fourth-order valence-electron chi connectivity index (χ4n) is 1.95. The number of carbonyl (C=O) groups is 1. The average molecular weight is 298 g/mol. The van der Waals surface area contributed by atoms with E-state index in [1.54, 1.807) is 6.92 Å². The molecule has 1 unspecified atom stereocenters. The van der Waals surface area contributed by atoms with E-state index in [0.29, 0.717) is 24.6 Å². The lowest BCUT2D eigenvalue weighted by Crippen LogP contribution is -2.26. The van der Waals surface area contributed by atoms with Gasteiger partial charge in [-0.25, -0.2) is 0 Å². The van der Waals surface area contributed by atoms with E-state index in [2.05, 4.69) is 5.32 Å². The lowest BCUT2D eigenvalue weighted by atomic mass is 10.1. The van der Waals surface area contributed by atoms with Gasteiger partial charge in [0.05, 0.1) is 5.69 Å². The summed E-state index contributed by atoms with van der Waals surface area (Å²) < 4.78 is 5.87. The van der Waals surface area contributed by atoms with Crippen LogP contribution in [0.5, 0.6) is 5.75 Å². The van der Waals surface area contributed by atoms with Gasteiger partial charge in [-0.2, -0.15) is 0 Å². The Kier molecular flexibility index (Phi) is 5.55. The van der Waals surface area contributed by atoms with Crippen LogP contribution in [0.2, 0.25) is 0 Å². The molecule has 0 heterocycles. The Balaban J connectivity index is 2.12. The predicted molar refractivity (Wildman–Crippen MR) is 88.8 cm³/mol. The molecule has 0 fully saturated rings. The second kappa shape index (κ2) is 7.61. The molecule has 2 aromatic carbocycles. The minimum Gasteiger partial charge on any atom is -0.487 e. The molecule has 0 aliphatic carbocycles. The first kappa shape index (κ1) is 16.0. The molecular formula is C18H22N2O2. The van der Waals surface area contributed by atoms with E-state index in [9.17, 15) is 4.79 Å². The van der Waals surface area contributed by atoms with E-state index in [0.717, 1.165) is 11.1 Å². The number of amides is 1. The number of benzene rings is 2. The van der Waals surface area contributed by atoms with E-state index in [4.69, 9.17) is 10.5 Å². The first-order valence-electron chi connectivity index (χ1n) is 7.38. The van der Waals surface area contributed by atoms with Gasteiger partial charge in [0, 0.05) is 12.5 Å². The highest BCUT2D eigenvalue weighted by molar-refractivity contribution is 5.93. The highest BCUT2D eigenvalue weighted by Crippen LogP contribution is 2.27. The summed E-state index contributed by atoms with van der Waals surface area (Å²) in [7, 11) is 0. The highest BCUT2D eigenvalue weighted by atomic mass is 16.5. The topological polar surface area (TPSA) is 64.4 Å². The van der Waals surface area contributed by atoms with Crippen LogP contribution in [0.25, 0.3) is 0 Å². The summed E-state index contributed by atoms with van der Waals surface area (Å²) in [6, 6.07) is 15.6. The number of nitrogens with one attached hydrogen (secondary N) is 1. The largest absolute Gasteiger partial charge is 0.487 e. The molecule has 4 heteroatoms. The Morgan fingerprint density at radius 3 is 2.64 bits per heavy atom. The lowest BCUT2D eigenvalue weighted by molar-refractivity contribution is -0.119. The van der Waals surface area contributed by atoms with Crippen LogP contribution in [-0.4, -0.2) is 12.5 Å². The molecule has 4 nitrogen and oxygen atoms in total. The van der Waals surface area contributed by atoms with Crippen molar-refractivity contribution < 1.29 is 9.53 Å². The van der Waals surface area contributed by atoms with Gasteiger partial charge in [-0.05, 0) is 30.2 Å². The molecule has 1 amide bonds. The van der Waals surface area contributed by atoms with Crippen molar-refractivity contribution in [2.45, 2.75) is 20.5 Å². The smallest absolute Gasteiger partial charge is 0.228 e. The predicted octanol–water partition coefficient (Wildman–Crippen LogP) is 3.11. The van der Waals surface area contributed by atoms with Crippen LogP contribution in [0.3, 0.4) is 0 Å². The number of anilines is 1. The molecule has 0 aliphatic rings. The minimum absolute atomic E-state index is 0.101. The van der Waals surface area contributed by atoms with Gasteiger partial charge in [0.15, 0.2) is 0 Å². The number of ether oxygens (including phenoxy) is 1. The number of nitrogens with two attached hydrogens (primary N) is 1. The normalized spacial score (nSPS) is 11.8. The van der Waals surface area contributed by atoms with Gasteiger partial charge < -0.3 is 15.8 Å². The molecule has 2 rings (SSSR count). The van der Waals surface area contributed by atoms with Crippen molar-refractivity contribution in [1.29, 1.82) is 0 Å². The number of aryl methyl sites for hydroxylation is 1. The first-order chi connectivity index (χ1) is 10.6. The summed E-state index contributed by atoms with van der Waals surface area (Å²) in [4.78, 5) is 12.0. The Hall–Kier alpha value is -2.33. The summed E-state index contributed by atoms with van der Waals surface area (Å²) in [5, 5.41) is 2.88. The maximum Gasteiger partial charge on any atom is 0.228 e. The summed E-state index contributed by atoms with van der Waals surface area (Å²) in [5.74, 6) is 0.334. The second-order valence-corrected chi connectivity index (χ2v) is 5.40. The molecule has 0 saturated carbocycles. The molecule has 0 bridgehead atoms. The molecule has 0 aromatic heterocycles. The first-order valence-corrected chi connectivity index (χ1v) is 7.38. The number of rotatable bonds is 6. The third-order valence-electron chi connectivity index (χ3n) is 3.43. The quantitative estimate of drug-likeness (QED) is 0.861. The van der Waals surface area contributed by atoms with E-state index < -0.39 is 0 Å². The Morgan fingerprint density at radius 2 is 1.95 bits per heavy atom. The van der Waals surface area contributed by atoms with Crippen LogP contribution in [0, 0.1) is 12.8 Å². The van der Waals surface area contributed by atoms with Crippen LogP contribution >= 0.6 is 0 Å². The third kappa shape index (κ3) is 4.33. The molecule has 0 radical (unpaired) electrons. The average Bonchev–Trinajstić information content (AvgIpc) is 2.55. The minimum atomic E-state index is -0.233. The zero-order chi connectivity index (χ0) is 15.9. The Labute approximate surface area is 131 Å². The molecule has 1 atom stereocenters. The third-order valence-corrected chi connectivity index (χ3v) is 3.43. The Bertz CT molecular complexity index is 626. The van der Waals surface area contributed by atoms with Gasteiger partial charge in [-0.3, -0.25) is 4.79 Å². The van der Waals surface area contributed by atoms with Crippen molar-refractivity contribution >= 4 is 11.6 Å². The van der Waals surface area contributed by atoms with Crippen molar-refractivity contribution in [2.75, 3.05) is 11.9 Å². The van der Waals surface area contributed by atoms with Gasteiger partial charge in [0.2, 0.25) is 5.91 Å². The summed E-state index contributed by atoms with van der Waals surface area (Å²) in [6.07, 6.45) is 0. The van der Waals surface area contributed by atoms with Gasteiger partial charge >= 0.3 is 0 Å². The van der Waals surface area contributed by atoms with Crippen molar-refractivity contribution in [2.24, 2.45) is 11.7 Å². The SMILES string of the molecule is Cc1ccc(NC(=O)C(C)CN)c(OCc2ccccc2)c1. The highest BCUT2D eigenvalue weighted by Gasteiger charge is 2.13. The number of hydrogen-bond acceptors (Lipinski definition) is 3. The fourth-order valence-corrected chi connectivity index (χ4v) is 1.95. The van der Waals surface area contributed by atoms with Crippen molar-refractivity contribution in [1.82, 2.24) is 0 Å². The molecule has 0 saturated heterocycles. The van der Waals surface area contributed by atoms with Gasteiger partial charge in [0.25, 0.3) is 0 Å². The van der Waals surface area contributed by atoms with E-state index >= 15 is 0 Å². The molecule has 3 N–H and O–H groups in total. The summed E-state index contributed by atoms with van der Waals surface area (Å²) in [5.41, 5.74) is 8.36. The zero-order valence-corrected chi connectivity index (χ0v) is 13.0. The van der Waals surface area contributed by atoms with Gasteiger partial charge in [0.1, 0.15) is 12.4 Å². The van der Waals surface area contributed by atoms with Gasteiger partial charge in [-0.15, -0.1) is 0 Å². The molecular weight excluding hydrogens is 276 g/mol. The van der Waals surface area contributed by atoms with Crippen molar-refractivity contribution in [3.05, 3.63) is 59.7 Å². The standard InChI is InChI=1S/C18H22N2O2/c1-13-8-9-16(20-18(21)14(2)11-19)17(10-13)22-12-15-6-4-3-5-7-15/h3-10,14H,11-12,19H2,1-2H3,(H,20,21).